The summed E-state index contributed by atoms with van der Waals surface area (Å²) >= 11 is 0. The summed E-state index contributed by atoms with van der Waals surface area (Å²) in [4.78, 5) is 0. The number of nitrogens with one attached hydrogen (secondary N) is 1. The van der Waals surface area contributed by atoms with Crippen molar-refractivity contribution in [2.75, 3.05) is 7.11 Å². The summed E-state index contributed by atoms with van der Waals surface area (Å²) < 4.78 is 5.49. The van der Waals surface area contributed by atoms with Crippen LogP contribution in [0.4, 0.5) is 0 Å². The van der Waals surface area contributed by atoms with Gasteiger partial charge in [-0.05, 0) is 37.5 Å². The average molecular weight is 197 g/mol. The van der Waals surface area contributed by atoms with E-state index < -0.39 is 0 Å². The predicted molar refractivity (Wildman–Crippen MR) is 58.3 cm³/mol. The highest BCUT2D eigenvalue weighted by atomic mass is 16.5. The molecule has 0 amide bonds. The van der Waals surface area contributed by atoms with Crippen LogP contribution in [-0.2, 0) is 4.74 Å². The second kappa shape index (κ2) is 4.19. The smallest absolute Gasteiger partial charge is 0.0724 e. The van der Waals surface area contributed by atoms with Crippen molar-refractivity contribution >= 4 is 0 Å². The summed E-state index contributed by atoms with van der Waals surface area (Å²) in [5.41, 5.74) is 0. The maximum Gasteiger partial charge on any atom is 0.0724 e. The molecule has 82 valence electrons. The van der Waals surface area contributed by atoms with Crippen molar-refractivity contribution < 1.29 is 4.74 Å². The zero-order valence-electron chi connectivity index (χ0n) is 9.62. The third-order valence-electron chi connectivity index (χ3n) is 4.34. The Kier molecular flexibility index (Phi) is 3.13. The second-order valence-electron chi connectivity index (χ2n) is 5.16. The molecule has 0 saturated heterocycles. The Balaban J connectivity index is 1.80. The van der Waals surface area contributed by atoms with Gasteiger partial charge in [-0.15, -0.1) is 0 Å². The van der Waals surface area contributed by atoms with Crippen LogP contribution < -0.4 is 5.32 Å². The van der Waals surface area contributed by atoms with E-state index in [2.05, 4.69) is 19.2 Å². The van der Waals surface area contributed by atoms with E-state index >= 15 is 0 Å². The molecule has 2 rings (SSSR count). The lowest BCUT2D eigenvalue weighted by molar-refractivity contribution is 0.0557. The van der Waals surface area contributed by atoms with Gasteiger partial charge in [0.05, 0.1) is 6.10 Å². The quantitative estimate of drug-likeness (QED) is 0.749. The van der Waals surface area contributed by atoms with Crippen LogP contribution >= 0.6 is 0 Å². The van der Waals surface area contributed by atoms with Gasteiger partial charge in [0.25, 0.3) is 0 Å². The lowest BCUT2D eigenvalue weighted by Crippen LogP contribution is -2.53. The number of hydrogen-bond donors (Lipinski definition) is 1. The van der Waals surface area contributed by atoms with Crippen LogP contribution in [0.15, 0.2) is 0 Å². The van der Waals surface area contributed by atoms with Crippen molar-refractivity contribution in [1.82, 2.24) is 5.32 Å². The molecule has 2 fully saturated rings. The summed E-state index contributed by atoms with van der Waals surface area (Å²) in [5.74, 6) is 1.77. The molecule has 1 N–H and O–H groups in total. The molecule has 5 atom stereocenters. The molecule has 0 aliphatic heterocycles. The van der Waals surface area contributed by atoms with E-state index in [1.165, 1.54) is 25.7 Å². The molecule has 2 nitrogen and oxygen atoms in total. The molecule has 0 radical (unpaired) electrons. The summed E-state index contributed by atoms with van der Waals surface area (Å²) in [7, 11) is 1.84. The Hall–Kier alpha value is -0.0800. The van der Waals surface area contributed by atoms with Crippen LogP contribution in [0, 0.1) is 11.8 Å². The highest BCUT2D eigenvalue weighted by Crippen LogP contribution is 2.35. The monoisotopic (exact) mass is 197 g/mol. The highest BCUT2D eigenvalue weighted by molar-refractivity contribution is 4.94. The first-order valence-electron chi connectivity index (χ1n) is 6.01. The Bertz CT molecular complexity index is 195. The van der Waals surface area contributed by atoms with Crippen LogP contribution in [-0.4, -0.2) is 25.3 Å². The molecule has 0 aromatic heterocycles. The van der Waals surface area contributed by atoms with E-state index in [-0.39, 0.29) is 0 Å². The van der Waals surface area contributed by atoms with Crippen molar-refractivity contribution in [3.8, 4) is 0 Å². The predicted octanol–water partition coefficient (Wildman–Crippen LogP) is 2.19. The van der Waals surface area contributed by atoms with Crippen molar-refractivity contribution in [3.63, 3.8) is 0 Å². The van der Waals surface area contributed by atoms with Crippen molar-refractivity contribution in [1.29, 1.82) is 0 Å². The molecule has 2 heteroatoms. The number of ether oxygens (including phenoxy) is 1. The molecule has 14 heavy (non-hydrogen) atoms. The molecule has 0 heterocycles. The van der Waals surface area contributed by atoms with Crippen molar-refractivity contribution in [2.45, 2.75) is 57.7 Å². The minimum atomic E-state index is 0.470. The van der Waals surface area contributed by atoms with E-state index in [1.54, 1.807) is 0 Å². The summed E-state index contributed by atoms with van der Waals surface area (Å²) in [6.07, 6.45) is 5.69. The molecule has 0 aromatic rings. The summed E-state index contributed by atoms with van der Waals surface area (Å²) in [6, 6.07) is 1.38. The van der Waals surface area contributed by atoms with E-state index in [9.17, 15) is 0 Å². The topological polar surface area (TPSA) is 21.3 Å². The van der Waals surface area contributed by atoms with E-state index in [4.69, 9.17) is 4.74 Å². The minimum absolute atomic E-state index is 0.470. The van der Waals surface area contributed by atoms with E-state index in [0.29, 0.717) is 12.1 Å². The van der Waals surface area contributed by atoms with Gasteiger partial charge in [0.1, 0.15) is 0 Å². The number of methoxy groups -OCH3 is 1. The largest absolute Gasteiger partial charge is 0.380 e. The molecular formula is C12H23NO. The lowest BCUT2D eigenvalue weighted by atomic mass is 9.71. The molecule has 0 aromatic carbocycles. The van der Waals surface area contributed by atoms with Gasteiger partial charge in [0, 0.05) is 19.2 Å². The van der Waals surface area contributed by atoms with Crippen LogP contribution in [0.1, 0.15) is 39.5 Å². The molecule has 3 unspecified atom stereocenters. The van der Waals surface area contributed by atoms with Gasteiger partial charge >= 0.3 is 0 Å². The fourth-order valence-corrected chi connectivity index (χ4v) is 2.92. The normalized spacial score (nSPS) is 47.8. The first-order valence-corrected chi connectivity index (χ1v) is 6.01. The molecule has 2 saturated carbocycles. The minimum Gasteiger partial charge on any atom is -0.380 e. The Morgan fingerprint density at radius 1 is 1.14 bits per heavy atom. The van der Waals surface area contributed by atoms with Gasteiger partial charge < -0.3 is 10.1 Å². The Morgan fingerprint density at radius 3 is 2.50 bits per heavy atom. The molecule has 2 aliphatic carbocycles. The zero-order chi connectivity index (χ0) is 10.1. The fraction of sp³-hybridized carbons (Fsp3) is 1.00. The average Bonchev–Trinajstić information content (AvgIpc) is 2.64. The summed E-state index contributed by atoms with van der Waals surface area (Å²) in [5, 5.41) is 3.77. The number of hydrogen-bond acceptors (Lipinski definition) is 2. The van der Waals surface area contributed by atoms with E-state index in [1.807, 2.05) is 7.11 Å². The first kappa shape index (κ1) is 10.4. The first-order chi connectivity index (χ1) is 6.72. The van der Waals surface area contributed by atoms with Crippen LogP contribution in [0.5, 0.6) is 0 Å². The molecular weight excluding hydrogens is 174 g/mol. The van der Waals surface area contributed by atoms with Gasteiger partial charge in [0.2, 0.25) is 0 Å². The Morgan fingerprint density at radius 2 is 1.93 bits per heavy atom. The Labute approximate surface area is 87.4 Å². The van der Waals surface area contributed by atoms with Crippen LogP contribution in [0.3, 0.4) is 0 Å². The standard InChI is InChI=1S/C12H23NO/c1-8-7-11(9(8)2)13-10-5-4-6-12(10)14-3/h8-13H,4-7H2,1-3H3/t8?,9?,10-,11?,12-/m0/s1. The van der Waals surface area contributed by atoms with Crippen LogP contribution in [0.25, 0.3) is 0 Å². The fourth-order valence-electron chi connectivity index (χ4n) is 2.92. The maximum atomic E-state index is 5.49. The van der Waals surface area contributed by atoms with Gasteiger partial charge in [-0.3, -0.25) is 0 Å². The van der Waals surface area contributed by atoms with Gasteiger partial charge in [0.15, 0.2) is 0 Å². The van der Waals surface area contributed by atoms with Gasteiger partial charge in [-0.2, -0.15) is 0 Å². The number of rotatable bonds is 3. The van der Waals surface area contributed by atoms with E-state index in [0.717, 1.165) is 17.9 Å². The summed E-state index contributed by atoms with van der Waals surface area (Å²) in [6.45, 7) is 4.72. The maximum absolute atomic E-state index is 5.49. The lowest BCUT2D eigenvalue weighted by Gasteiger charge is -2.43. The van der Waals surface area contributed by atoms with Gasteiger partial charge in [-0.25, -0.2) is 0 Å². The van der Waals surface area contributed by atoms with Crippen LogP contribution in [0.2, 0.25) is 0 Å². The third-order valence-corrected chi connectivity index (χ3v) is 4.34. The second-order valence-corrected chi connectivity index (χ2v) is 5.16. The zero-order valence-corrected chi connectivity index (χ0v) is 9.62. The van der Waals surface area contributed by atoms with Gasteiger partial charge in [-0.1, -0.05) is 13.8 Å². The highest BCUT2D eigenvalue weighted by Gasteiger charge is 2.38. The molecule has 0 bridgehead atoms. The third kappa shape index (κ3) is 1.82. The van der Waals surface area contributed by atoms with Crippen molar-refractivity contribution in [3.05, 3.63) is 0 Å². The SMILES string of the molecule is CO[C@H]1CCC[C@@H]1NC1CC(C)C1C. The van der Waals surface area contributed by atoms with Crippen molar-refractivity contribution in [2.24, 2.45) is 11.8 Å². The molecule has 0 spiro atoms. The molecule has 2 aliphatic rings.